The topological polar surface area (TPSA) is 126 Å². The lowest BCUT2D eigenvalue weighted by Crippen LogP contribution is -2.45. The molecule has 1 atom stereocenters. The summed E-state index contributed by atoms with van der Waals surface area (Å²) in [5.41, 5.74) is -0.614. The molecule has 0 bridgehead atoms. The van der Waals surface area contributed by atoms with E-state index in [1.807, 2.05) is 0 Å². The van der Waals surface area contributed by atoms with Gasteiger partial charge in [0.05, 0.1) is 0 Å². The number of aromatic nitrogens is 2. The second kappa shape index (κ2) is 8.70. The lowest BCUT2D eigenvalue weighted by molar-refractivity contribution is -0.148. The summed E-state index contributed by atoms with van der Waals surface area (Å²) in [6.45, 7) is 1.96. The summed E-state index contributed by atoms with van der Waals surface area (Å²) >= 11 is 0. The van der Waals surface area contributed by atoms with Crippen LogP contribution in [0.4, 0.5) is 0 Å². The average molecular weight is 392 g/mol. The molecule has 9 nitrogen and oxygen atoms in total. The number of carbonyl (C=O) groups is 3. The van der Waals surface area contributed by atoms with Crippen LogP contribution in [0.5, 0.6) is 0 Å². The minimum atomic E-state index is -0.962. The number of rotatable bonds is 6. The van der Waals surface area contributed by atoms with Crippen LogP contribution in [0.25, 0.3) is 0 Å². The smallest absolute Gasteiger partial charge is 0.326 e. The molecule has 1 saturated carbocycles. The third-order valence-corrected chi connectivity index (χ3v) is 5.68. The second-order valence-electron chi connectivity index (χ2n) is 7.77. The number of likely N-dealkylation sites (tertiary alicyclic amines) is 1. The third-order valence-electron chi connectivity index (χ3n) is 5.68. The van der Waals surface area contributed by atoms with E-state index in [1.165, 1.54) is 11.8 Å². The SMILES string of the molecule is CC(=O)NC1(c2noc(CCC(=O)N3CCC[C@H]3C(=O)O)n2)CCCCCC1. The van der Waals surface area contributed by atoms with E-state index in [-0.39, 0.29) is 24.7 Å². The van der Waals surface area contributed by atoms with Crippen LogP contribution in [0.1, 0.15) is 76.4 Å². The van der Waals surface area contributed by atoms with Crippen molar-refractivity contribution >= 4 is 17.8 Å². The Hall–Kier alpha value is -2.45. The number of hydrogen-bond acceptors (Lipinski definition) is 6. The van der Waals surface area contributed by atoms with E-state index in [9.17, 15) is 19.5 Å². The van der Waals surface area contributed by atoms with Gasteiger partial charge in [-0.2, -0.15) is 4.98 Å². The highest BCUT2D eigenvalue weighted by Crippen LogP contribution is 2.34. The second-order valence-corrected chi connectivity index (χ2v) is 7.77. The number of nitrogens with zero attached hydrogens (tertiary/aromatic N) is 3. The Balaban J connectivity index is 1.66. The highest BCUT2D eigenvalue weighted by atomic mass is 16.5. The first kappa shape index (κ1) is 20.3. The number of aryl methyl sites for hydroxylation is 1. The fraction of sp³-hybridized carbons (Fsp3) is 0.737. The summed E-state index contributed by atoms with van der Waals surface area (Å²) in [6.07, 6.45) is 7.28. The molecule has 1 aliphatic carbocycles. The van der Waals surface area contributed by atoms with Crippen molar-refractivity contribution in [3.63, 3.8) is 0 Å². The molecule has 0 spiro atoms. The van der Waals surface area contributed by atoms with Gasteiger partial charge in [0.2, 0.25) is 17.7 Å². The molecule has 0 radical (unpaired) electrons. The Kier molecular flexibility index (Phi) is 6.31. The molecule has 2 aliphatic rings. The maximum absolute atomic E-state index is 12.4. The molecule has 2 fully saturated rings. The molecule has 9 heteroatoms. The Morgan fingerprint density at radius 1 is 1.21 bits per heavy atom. The Bertz CT molecular complexity index is 724. The van der Waals surface area contributed by atoms with Crippen LogP contribution in [0.2, 0.25) is 0 Å². The van der Waals surface area contributed by atoms with E-state index in [1.54, 1.807) is 0 Å². The van der Waals surface area contributed by atoms with Crippen molar-refractivity contribution in [2.24, 2.45) is 0 Å². The maximum atomic E-state index is 12.4. The molecule has 28 heavy (non-hydrogen) atoms. The van der Waals surface area contributed by atoms with Gasteiger partial charge in [0, 0.05) is 26.3 Å². The third kappa shape index (κ3) is 4.51. The number of carboxylic acids is 1. The molecular weight excluding hydrogens is 364 g/mol. The van der Waals surface area contributed by atoms with Gasteiger partial charge in [-0.3, -0.25) is 9.59 Å². The van der Waals surface area contributed by atoms with Gasteiger partial charge in [-0.05, 0) is 25.7 Å². The largest absolute Gasteiger partial charge is 0.480 e. The van der Waals surface area contributed by atoms with Crippen LogP contribution < -0.4 is 5.32 Å². The zero-order valence-electron chi connectivity index (χ0n) is 16.3. The van der Waals surface area contributed by atoms with Crippen LogP contribution in [0.3, 0.4) is 0 Å². The molecule has 154 valence electrons. The first-order valence-corrected chi connectivity index (χ1v) is 10.1. The van der Waals surface area contributed by atoms with Crippen LogP contribution in [-0.4, -0.2) is 50.5 Å². The molecule has 1 saturated heterocycles. The van der Waals surface area contributed by atoms with Gasteiger partial charge in [-0.1, -0.05) is 30.8 Å². The molecular formula is C19H28N4O5. The molecule has 2 N–H and O–H groups in total. The van der Waals surface area contributed by atoms with E-state index in [4.69, 9.17) is 4.52 Å². The summed E-state index contributed by atoms with van der Waals surface area (Å²) in [7, 11) is 0. The van der Waals surface area contributed by atoms with Crippen molar-refractivity contribution < 1.29 is 24.0 Å². The molecule has 2 heterocycles. The Morgan fingerprint density at radius 3 is 2.57 bits per heavy atom. The van der Waals surface area contributed by atoms with E-state index < -0.39 is 17.6 Å². The summed E-state index contributed by atoms with van der Waals surface area (Å²) in [6, 6.07) is -0.736. The zero-order chi connectivity index (χ0) is 20.1. The average Bonchev–Trinajstić information content (AvgIpc) is 3.26. The lowest BCUT2D eigenvalue weighted by atomic mass is 9.89. The monoisotopic (exact) mass is 392 g/mol. The van der Waals surface area contributed by atoms with Gasteiger partial charge in [0.15, 0.2) is 5.82 Å². The lowest BCUT2D eigenvalue weighted by Gasteiger charge is -2.30. The van der Waals surface area contributed by atoms with Crippen molar-refractivity contribution in [2.75, 3.05) is 6.54 Å². The number of carbonyl (C=O) groups excluding carboxylic acids is 2. The van der Waals surface area contributed by atoms with Gasteiger partial charge < -0.3 is 19.8 Å². The van der Waals surface area contributed by atoms with Crippen molar-refractivity contribution in [3.8, 4) is 0 Å². The van der Waals surface area contributed by atoms with Crippen molar-refractivity contribution in [2.45, 2.75) is 82.7 Å². The molecule has 1 aromatic heterocycles. The van der Waals surface area contributed by atoms with Gasteiger partial charge in [0.1, 0.15) is 11.6 Å². The van der Waals surface area contributed by atoms with Crippen LogP contribution in [0.15, 0.2) is 4.52 Å². The Labute approximate surface area is 163 Å². The first-order chi connectivity index (χ1) is 13.4. The quantitative estimate of drug-likeness (QED) is 0.707. The summed E-state index contributed by atoms with van der Waals surface area (Å²) in [5.74, 6) is -0.496. The van der Waals surface area contributed by atoms with Crippen molar-refractivity contribution in [1.29, 1.82) is 0 Å². The van der Waals surface area contributed by atoms with Crippen LogP contribution >= 0.6 is 0 Å². The minimum Gasteiger partial charge on any atom is -0.480 e. The van der Waals surface area contributed by atoms with Gasteiger partial charge in [-0.25, -0.2) is 4.79 Å². The number of nitrogens with one attached hydrogen (secondary N) is 1. The highest BCUT2D eigenvalue weighted by Gasteiger charge is 2.38. The first-order valence-electron chi connectivity index (χ1n) is 10.1. The predicted molar refractivity (Wildman–Crippen MR) is 98.2 cm³/mol. The number of aliphatic carboxylic acids is 1. The molecule has 1 aliphatic heterocycles. The Morgan fingerprint density at radius 2 is 1.93 bits per heavy atom. The molecule has 0 unspecified atom stereocenters. The van der Waals surface area contributed by atoms with E-state index in [2.05, 4.69) is 15.5 Å². The fourth-order valence-electron chi connectivity index (χ4n) is 4.30. The highest BCUT2D eigenvalue weighted by molar-refractivity contribution is 5.84. The number of carboxylic acid groups (broad SMARTS) is 1. The van der Waals surface area contributed by atoms with Crippen LogP contribution in [-0.2, 0) is 26.3 Å². The van der Waals surface area contributed by atoms with Gasteiger partial charge >= 0.3 is 5.97 Å². The molecule has 1 aromatic rings. The van der Waals surface area contributed by atoms with E-state index in [0.717, 1.165) is 38.5 Å². The number of hydrogen-bond donors (Lipinski definition) is 2. The van der Waals surface area contributed by atoms with E-state index >= 15 is 0 Å². The maximum Gasteiger partial charge on any atom is 0.326 e. The normalized spacial score (nSPS) is 21.9. The molecule has 2 amide bonds. The van der Waals surface area contributed by atoms with E-state index in [0.29, 0.717) is 31.1 Å². The predicted octanol–water partition coefficient (Wildman–Crippen LogP) is 1.76. The van der Waals surface area contributed by atoms with Crippen molar-refractivity contribution in [3.05, 3.63) is 11.7 Å². The van der Waals surface area contributed by atoms with Crippen molar-refractivity contribution in [1.82, 2.24) is 20.4 Å². The summed E-state index contributed by atoms with van der Waals surface area (Å²) in [4.78, 5) is 41.3. The van der Waals surface area contributed by atoms with Gasteiger partial charge in [-0.15, -0.1) is 0 Å². The molecule has 0 aromatic carbocycles. The standard InChI is InChI=1S/C19H28N4O5/c1-13(24)21-19(10-4-2-3-5-11-19)18-20-15(28-22-18)8-9-16(25)23-12-6-7-14(23)17(26)27/h14H,2-12H2,1H3,(H,21,24)(H,26,27)/t14-/m0/s1. The zero-order valence-corrected chi connectivity index (χ0v) is 16.3. The van der Waals surface area contributed by atoms with Crippen LogP contribution in [0, 0.1) is 0 Å². The summed E-state index contributed by atoms with van der Waals surface area (Å²) < 4.78 is 5.35. The number of amides is 2. The van der Waals surface area contributed by atoms with Gasteiger partial charge in [0.25, 0.3) is 0 Å². The minimum absolute atomic E-state index is 0.124. The summed E-state index contributed by atoms with van der Waals surface area (Å²) in [5, 5.41) is 16.4. The fourth-order valence-corrected chi connectivity index (χ4v) is 4.30. The molecule has 3 rings (SSSR count).